The molecule has 0 N–H and O–H groups in total. The molecule has 0 aromatic carbocycles. The molecule has 2 aromatic heterocycles. The second-order valence-electron chi connectivity index (χ2n) is 6.62. The molecule has 0 bridgehead atoms. The molecule has 2 heterocycles. The third-order valence-corrected chi connectivity index (χ3v) is 4.54. The minimum Gasteiger partial charge on any atom is -0.311 e. The number of nitrogens with zero attached hydrogens (tertiary/aromatic N) is 4. The summed E-state index contributed by atoms with van der Waals surface area (Å²) in [6.07, 6.45) is 8.82. The molecule has 0 spiro atoms. The molecule has 0 aliphatic heterocycles. The highest BCUT2D eigenvalue weighted by molar-refractivity contribution is 5.31. The molecule has 2 fully saturated rings. The molecule has 4 heteroatoms. The normalized spacial score (nSPS) is 19.3. The van der Waals surface area contributed by atoms with Gasteiger partial charge in [0.25, 0.3) is 0 Å². The first-order chi connectivity index (χ1) is 9.68. The highest BCUT2D eigenvalue weighted by atomic mass is 15.3. The molecular weight excluding hydrogens is 248 g/mol. The maximum atomic E-state index is 4.58. The van der Waals surface area contributed by atoms with Gasteiger partial charge in [-0.3, -0.25) is 4.98 Å². The maximum Gasteiger partial charge on any atom is 0.143 e. The van der Waals surface area contributed by atoms with Crippen LogP contribution in [-0.2, 0) is 5.41 Å². The summed E-state index contributed by atoms with van der Waals surface area (Å²) in [5.41, 5.74) is 1.13. The van der Waals surface area contributed by atoms with Crippen LogP contribution in [-0.4, -0.2) is 19.7 Å². The molecule has 104 valence electrons. The third-order valence-electron chi connectivity index (χ3n) is 4.54. The van der Waals surface area contributed by atoms with Gasteiger partial charge in [-0.1, -0.05) is 0 Å². The summed E-state index contributed by atoms with van der Waals surface area (Å²) < 4.78 is 2.44. The highest BCUT2D eigenvalue weighted by Gasteiger charge is 2.40. The van der Waals surface area contributed by atoms with Gasteiger partial charge in [0, 0.05) is 29.8 Å². The third kappa shape index (κ3) is 1.86. The Kier molecular flexibility index (Phi) is 2.50. The van der Waals surface area contributed by atoms with Gasteiger partial charge in [0.1, 0.15) is 11.6 Å². The summed E-state index contributed by atoms with van der Waals surface area (Å²) in [5, 5.41) is 9.11. The highest BCUT2D eigenvalue weighted by Crippen LogP contribution is 2.46. The van der Waals surface area contributed by atoms with E-state index >= 15 is 0 Å². The maximum absolute atomic E-state index is 4.58. The van der Waals surface area contributed by atoms with Crippen molar-refractivity contribution in [2.75, 3.05) is 0 Å². The summed E-state index contributed by atoms with van der Waals surface area (Å²) in [6, 6.07) is 4.81. The van der Waals surface area contributed by atoms with Gasteiger partial charge in [-0.15, -0.1) is 10.2 Å². The first-order valence-electron chi connectivity index (χ1n) is 7.53. The van der Waals surface area contributed by atoms with Crippen molar-refractivity contribution in [1.82, 2.24) is 19.7 Å². The lowest BCUT2D eigenvalue weighted by molar-refractivity contribution is 0.525. The fourth-order valence-electron chi connectivity index (χ4n) is 2.94. The van der Waals surface area contributed by atoms with Gasteiger partial charge in [-0.2, -0.15) is 0 Å². The van der Waals surface area contributed by atoms with Gasteiger partial charge < -0.3 is 4.57 Å². The van der Waals surface area contributed by atoms with Crippen LogP contribution in [0.25, 0.3) is 0 Å². The summed E-state index contributed by atoms with van der Waals surface area (Å²) in [7, 11) is 0. The molecule has 2 saturated carbocycles. The van der Waals surface area contributed by atoms with Crippen LogP contribution in [0, 0.1) is 0 Å². The van der Waals surface area contributed by atoms with Crippen LogP contribution in [0.2, 0.25) is 0 Å². The van der Waals surface area contributed by atoms with Crippen LogP contribution in [0.15, 0.2) is 24.5 Å². The van der Waals surface area contributed by atoms with Gasteiger partial charge in [-0.05, 0) is 57.2 Å². The van der Waals surface area contributed by atoms with E-state index in [4.69, 9.17) is 0 Å². The van der Waals surface area contributed by atoms with Crippen molar-refractivity contribution in [3.63, 3.8) is 0 Å². The van der Waals surface area contributed by atoms with Crippen molar-refractivity contribution in [2.24, 2.45) is 0 Å². The fraction of sp³-hybridized carbons (Fsp3) is 0.562. The first kappa shape index (κ1) is 12.1. The number of rotatable bonds is 4. The molecule has 2 aliphatic carbocycles. The average Bonchev–Trinajstić information content (AvgIpc) is 3.38. The van der Waals surface area contributed by atoms with E-state index in [-0.39, 0.29) is 5.41 Å². The molecular formula is C16H20N4. The molecule has 20 heavy (non-hydrogen) atoms. The minimum atomic E-state index is -0.119. The van der Waals surface area contributed by atoms with Crippen molar-refractivity contribution in [3.8, 4) is 0 Å². The molecule has 0 amide bonds. The van der Waals surface area contributed by atoms with Crippen LogP contribution in [0.3, 0.4) is 0 Å². The number of pyridine rings is 1. The quantitative estimate of drug-likeness (QED) is 0.855. The van der Waals surface area contributed by atoms with Gasteiger partial charge in [0.2, 0.25) is 0 Å². The van der Waals surface area contributed by atoms with Crippen LogP contribution in [0.1, 0.15) is 68.7 Å². The predicted molar refractivity (Wildman–Crippen MR) is 76.6 cm³/mol. The van der Waals surface area contributed by atoms with E-state index in [2.05, 4.69) is 45.7 Å². The second-order valence-corrected chi connectivity index (χ2v) is 6.62. The molecule has 2 aliphatic rings. The first-order valence-corrected chi connectivity index (χ1v) is 7.53. The van der Waals surface area contributed by atoms with Crippen molar-refractivity contribution in [3.05, 3.63) is 41.7 Å². The molecule has 0 unspecified atom stereocenters. The largest absolute Gasteiger partial charge is 0.311 e. The lowest BCUT2D eigenvalue weighted by Gasteiger charge is -2.25. The summed E-state index contributed by atoms with van der Waals surface area (Å²) >= 11 is 0. The predicted octanol–water partition coefficient (Wildman–Crippen LogP) is 3.21. The molecule has 2 aromatic rings. The molecule has 0 radical (unpaired) electrons. The van der Waals surface area contributed by atoms with E-state index < -0.39 is 0 Å². The van der Waals surface area contributed by atoms with Crippen LogP contribution >= 0.6 is 0 Å². The Morgan fingerprint density at radius 3 is 2.35 bits per heavy atom. The number of aromatic nitrogens is 4. The fourth-order valence-corrected chi connectivity index (χ4v) is 2.94. The van der Waals surface area contributed by atoms with Gasteiger partial charge >= 0.3 is 0 Å². The van der Waals surface area contributed by atoms with Crippen molar-refractivity contribution in [2.45, 2.75) is 56.9 Å². The Balaban J connectivity index is 1.81. The zero-order chi connectivity index (χ0) is 13.7. The Morgan fingerprint density at radius 1 is 1.05 bits per heavy atom. The van der Waals surface area contributed by atoms with Crippen molar-refractivity contribution < 1.29 is 0 Å². The molecule has 4 nitrogen and oxygen atoms in total. The van der Waals surface area contributed by atoms with E-state index in [9.17, 15) is 0 Å². The van der Waals surface area contributed by atoms with Gasteiger partial charge in [-0.25, -0.2) is 0 Å². The lowest BCUT2D eigenvalue weighted by Crippen LogP contribution is -2.25. The van der Waals surface area contributed by atoms with Crippen molar-refractivity contribution in [1.29, 1.82) is 0 Å². The summed E-state index contributed by atoms with van der Waals surface area (Å²) in [6.45, 7) is 4.48. The van der Waals surface area contributed by atoms with Crippen LogP contribution in [0.5, 0.6) is 0 Å². The van der Waals surface area contributed by atoms with E-state index in [1.165, 1.54) is 37.1 Å². The monoisotopic (exact) mass is 268 g/mol. The number of hydrogen-bond donors (Lipinski definition) is 0. The van der Waals surface area contributed by atoms with E-state index in [0.717, 1.165) is 5.82 Å². The van der Waals surface area contributed by atoms with Gasteiger partial charge in [0.05, 0.1) is 0 Å². The second kappa shape index (κ2) is 4.14. The summed E-state index contributed by atoms with van der Waals surface area (Å²) in [5.74, 6) is 3.00. The molecule has 0 saturated heterocycles. The molecule has 4 rings (SSSR count). The SMILES string of the molecule is CC(C)(c1ccncc1)c1nnc(C2CC2)n1C1CC1. The Labute approximate surface area is 119 Å². The minimum absolute atomic E-state index is 0.119. The topological polar surface area (TPSA) is 43.6 Å². The van der Waals surface area contributed by atoms with E-state index in [0.29, 0.717) is 12.0 Å². The Hall–Kier alpha value is -1.71. The van der Waals surface area contributed by atoms with E-state index in [1.54, 1.807) is 0 Å². The Bertz CT molecular complexity index is 621. The number of hydrogen-bond acceptors (Lipinski definition) is 3. The van der Waals surface area contributed by atoms with Gasteiger partial charge in [0.15, 0.2) is 0 Å². The van der Waals surface area contributed by atoms with Crippen molar-refractivity contribution >= 4 is 0 Å². The zero-order valence-corrected chi connectivity index (χ0v) is 12.1. The van der Waals surface area contributed by atoms with Crippen LogP contribution < -0.4 is 0 Å². The zero-order valence-electron chi connectivity index (χ0n) is 12.1. The average molecular weight is 268 g/mol. The van der Waals surface area contributed by atoms with Crippen LogP contribution in [0.4, 0.5) is 0 Å². The Morgan fingerprint density at radius 2 is 1.75 bits per heavy atom. The standard InChI is InChI=1S/C16H20N4/c1-16(2,12-7-9-17-10-8-12)15-19-18-14(11-3-4-11)20(15)13-5-6-13/h7-11,13H,3-6H2,1-2H3. The summed E-state index contributed by atoms with van der Waals surface area (Å²) in [4.78, 5) is 4.12. The molecule has 0 atom stereocenters. The lowest BCUT2D eigenvalue weighted by atomic mass is 9.84. The van der Waals surface area contributed by atoms with E-state index in [1.807, 2.05) is 12.4 Å². The smallest absolute Gasteiger partial charge is 0.143 e.